The van der Waals surface area contributed by atoms with Crippen molar-refractivity contribution in [3.63, 3.8) is 0 Å². The van der Waals surface area contributed by atoms with Crippen molar-refractivity contribution >= 4 is 17.7 Å². The molecule has 0 spiro atoms. The van der Waals surface area contributed by atoms with Crippen molar-refractivity contribution in [1.29, 1.82) is 0 Å². The average molecular weight is 479 g/mol. The van der Waals surface area contributed by atoms with Gasteiger partial charge in [-0.3, -0.25) is 0 Å². The molecule has 2 atom stereocenters. The number of ether oxygens (including phenoxy) is 2. The zero-order valence-electron chi connectivity index (χ0n) is 18.5. The van der Waals surface area contributed by atoms with Crippen molar-refractivity contribution in [2.45, 2.75) is 44.6 Å². The fraction of sp³-hybridized carbons (Fsp3) is 0.320. The van der Waals surface area contributed by atoms with Crippen molar-refractivity contribution in [1.82, 2.24) is 0 Å². The van der Waals surface area contributed by atoms with Gasteiger partial charge in [0.05, 0.1) is 11.7 Å². The Morgan fingerprint density at radius 3 is 2.39 bits per heavy atom. The fourth-order valence-electron chi connectivity index (χ4n) is 3.37. The topological polar surface area (TPSA) is 55.8 Å². The molecule has 0 radical (unpaired) electrons. The van der Waals surface area contributed by atoms with Gasteiger partial charge in [0, 0.05) is 15.7 Å². The van der Waals surface area contributed by atoms with Crippen LogP contribution in [0.2, 0.25) is 0 Å². The van der Waals surface area contributed by atoms with Gasteiger partial charge in [0.15, 0.2) is 0 Å². The van der Waals surface area contributed by atoms with E-state index in [9.17, 15) is 18.0 Å². The number of hydrogen-bond acceptors (Lipinski definition) is 4. The molecule has 0 saturated heterocycles. The van der Waals surface area contributed by atoms with Crippen LogP contribution in [0.15, 0.2) is 70.0 Å². The van der Waals surface area contributed by atoms with Gasteiger partial charge in [-0.2, -0.15) is 13.2 Å². The molecule has 2 aromatic rings. The lowest BCUT2D eigenvalue weighted by atomic mass is 9.96. The molecule has 0 heterocycles. The first kappa shape index (κ1) is 24.9. The van der Waals surface area contributed by atoms with Crippen LogP contribution in [-0.4, -0.2) is 23.8 Å². The van der Waals surface area contributed by atoms with E-state index in [0.29, 0.717) is 5.75 Å². The number of carboxylic acids is 1. The molecule has 1 N–H and O–H groups in total. The van der Waals surface area contributed by atoms with Crippen molar-refractivity contribution < 1.29 is 32.5 Å². The Balaban J connectivity index is 1.61. The Morgan fingerprint density at radius 1 is 1.09 bits per heavy atom. The third-order valence-corrected chi connectivity index (χ3v) is 6.54. The van der Waals surface area contributed by atoms with Crippen molar-refractivity contribution in [3.8, 4) is 5.75 Å². The lowest BCUT2D eigenvalue weighted by Crippen LogP contribution is -2.24. The summed E-state index contributed by atoms with van der Waals surface area (Å²) in [5.74, 6) is -0.566. The molecule has 2 unspecified atom stereocenters. The van der Waals surface area contributed by atoms with Crippen LogP contribution >= 0.6 is 11.8 Å². The molecule has 0 saturated carbocycles. The highest BCUT2D eigenvalue weighted by molar-refractivity contribution is 8.03. The van der Waals surface area contributed by atoms with E-state index in [1.807, 2.05) is 45.0 Å². The molecule has 2 aromatic carbocycles. The van der Waals surface area contributed by atoms with Crippen LogP contribution in [0.25, 0.3) is 0 Å². The van der Waals surface area contributed by atoms with E-state index in [4.69, 9.17) is 14.6 Å². The summed E-state index contributed by atoms with van der Waals surface area (Å²) in [6, 6.07) is 10.6. The van der Waals surface area contributed by atoms with Crippen molar-refractivity contribution in [2.75, 3.05) is 6.61 Å². The molecule has 0 aromatic heterocycles. The SMILES string of the molecule is CC1=CC(OCC(=O)O)C(C)C=C1Sc1ccc(COc2ccc(C(F)(F)F)cc2)cc1C. The predicted octanol–water partition coefficient (Wildman–Crippen LogP) is 6.63. The standard InChI is InChI=1S/C25H25F3O4S/c1-15-12-23(17(3)11-21(15)32-14-24(29)30)33-22-9-4-18(10-16(22)2)13-31-20-7-5-19(6-8-20)25(26,27)28/h4-12,15,21H,13-14H2,1-3H3,(H,29,30). The minimum Gasteiger partial charge on any atom is -0.489 e. The van der Waals surface area contributed by atoms with Crippen LogP contribution in [-0.2, 0) is 22.3 Å². The number of carbonyl (C=O) groups is 1. The monoisotopic (exact) mass is 478 g/mol. The molecular formula is C25H25F3O4S. The molecule has 0 aliphatic heterocycles. The Labute approximate surface area is 195 Å². The van der Waals surface area contributed by atoms with Crippen LogP contribution in [0.1, 0.15) is 30.5 Å². The number of hydrogen-bond donors (Lipinski definition) is 1. The van der Waals surface area contributed by atoms with E-state index in [-0.39, 0.29) is 25.2 Å². The second-order valence-corrected chi connectivity index (χ2v) is 9.01. The Morgan fingerprint density at radius 2 is 1.79 bits per heavy atom. The van der Waals surface area contributed by atoms with Gasteiger partial charge in [-0.05, 0) is 60.9 Å². The number of aryl methyl sites for hydroxylation is 1. The number of benzene rings is 2. The fourth-order valence-corrected chi connectivity index (χ4v) is 4.47. The molecule has 0 fully saturated rings. The molecule has 8 heteroatoms. The normalized spacial score (nSPS) is 18.5. The highest BCUT2D eigenvalue weighted by atomic mass is 32.2. The van der Waals surface area contributed by atoms with Crippen molar-refractivity contribution in [3.05, 3.63) is 81.8 Å². The third kappa shape index (κ3) is 6.88. The zero-order valence-corrected chi connectivity index (χ0v) is 19.3. The Bertz CT molecular complexity index is 1060. The summed E-state index contributed by atoms with van der Waals surface area (Å²) in [6.07, 6.45) is -0.587. The second kappa shape index (κ2) is 10.5. The van der Waals surface area contributed by atoms with E-state index in [2.05, 4.69) is 6.08 Å². The Hall–Kier alpha value is -2.71. The molecular weight excluding hydrogens is 453 g/mol. The van der Waals surface area contributed by atoms with Gasteiger partial charge in [0.2, 0.25) is 0 Å². The van der Waals surface area contributed by atoms with E-state index in [1.165, 1.54) is 12.1 Å². The lowest BCUT2D eigenvalue weighted by molar-refractivity contribution is -0.144. The van der Waals surface area contributed by atoms with Gasteiger partial charge < -0.3 is 14.6 Å². The summed E-state index contributed by atoms with van der Waals surface area (Å²) < 4.78 is 49.1. The Kier molecular flexibility index (Phi) is 7.92. The summed E-state index contributed by atoms with van der Waals surface area (Å²) >= 11 is 1.63. The second-order valence-electron chi connectivity index (χ2n) is 7.92. The first-order valence-electron chi connectivity index (χ1n) is 10.3. The lowest BCUT2D eigenvalue weighted by Gasteiger charge is -2.25. The largest absolute Gasteiger partial charge is 0.489 e. The molecule has 33 heavy (non-hydrogen) atoms. The number of thioether (sulfide) groups is 1. The highest BCUT2D eigenvalue weighted by Crippen LogP contribution is 2.38. The first-order valence-corrected chi connectivity index (χ1v) is 11.2. The summed E-state index contributed by atoms with van der Waals surface area (Å²) in [7, 11) is 0. The summed E-state index contributed by atoms with van der Waals surface area (Å²) in [5.41, 5.74) is 2.29. The number of halogens is 3. The molecule has 4 nitrogen and oxygen atoms in total. The molecule has 0 bridgehead atoms. The van der Waals surface area contributed by atoms with Gasteiger partial charge in [0.25, 0.3) is 0 Å². The highest BCUT2D eigenvalue weighted by Gasteiger charge is 2.30. The molecule has 1 aliphatic rings. The van der Waals surface area contributed by atoms with Crippen LogP contribution in [0.3, 0.4) is 0 Å². The number of alkyl halides is 3. The van der Waals surface area contributed by atoms with E-state index in [0.717, 1.165) is 38.6 Å². The zero-order chi connectivity index (χ0) is 24.2. The minimum absolute atomic E-state index is 0.0484. The summed E-state index contributed by atoms with van der Waals surface area (Å²) in [6.45, 7) is 5.88. The number of aliphatic carboxylic acids is 1. The van der Waals surface area contributed by atoms with Gasteiger partial charge >= 0.3 is 12.1 Å². The summed E-state index contributed by atoms with van der Waals surface area (Å²) in [4.78, 5) is 12.9. The number of rotatable bonds is 8. The quantitative estimate of drug-likeness (QED) is 0.461. The maximum atomic E-state index is 12.7. The molecule has 3 rings (SSSR count). The molecule has 0 amide bonds. The number of allylic oxidation sites excluding steroid dienone is 1. The summed E-state index contributed by atoms with van der Waals surface area (Å²) in [5, 5.41) is 8.82. The maximum Gasteiger partial charge on any atom is 0.416 e. The molecule has 176 valence electrons. The molecule has 1 aliphatic carbocycles. The van der Waals surface area contributed by atoms with Crippen LogP contribution in [0.4, 0.5) is 13.2 Å². The smallest absolute Gasteiger partial charge is 0.416 e. The van der Waals surface area contributed by atoms with Gasteiger partial charge in [-0.15, -0.1) is 0 Å². The number of carboxylic acid groups (broad SMARTS) is 1. The van der Waals surface area contributed by atoms with E-state index < -0.39 is 17.7 Å². The van der Waals surface area contributed by atoms with E-state index in [1.54, 1.807) is 11.8 Å². The minimum atomic E-state index is -4.37. The van der Waals surface area contributed by atoms with Crippen LogP contribution in [0, 0.1) is 12.8 Å². The maximum absolute atomic E-state index is 12.7. The van der Waals surface area contributed by atoms with Gasteiger partial charge in [-0.25, -0.2) is 4.79 Å². The van der Waals surface area contributed by atoms with Gasteiger partial charge in [0.1, 0.15) is 19.0 Å². The predicted molar refractivity (Wildman–Crippen MR) is 121 cm³/mol. The average Bonchev–Trinajstić information content (AvgIpc) is 2.74. The first-order chi connectivity index (χ1) is 15.5. The van der Waals surface area contributed by atoms with Crippen molar-refractivity contribution in [2.24, 2.45) is 5.92 Å². The van der Waals surface area contributed by atoms with Gasteiger partial charge in [-0.1, -0.05) is 43.0 Å². The van der Waals surface area contributed by atoms with Crippen LogP contribution < -0.4 is 4.74 Å². The van der Waals surface area contributed by atoms with Crippen LogP contribution in [0.5, 0.6) is 5.75 Å². The third-order valence-electron chi connectivity index (χ3n) is 5.18. The van der Waals surface area contributed by atoms with E-state index >= 15 is 0 Å².